The Labute approximate surface area is 210 Å². The standard InChI is InChI=1S/C27H29Cl2N3O2/c1-15-10-18(33)11-16(2)19(15)14-24(30)27(34)32-26-8-9-31-25-7-6-17(13-21(25)26)12-20-22(28)4-3-5-23(20)29/h3-7,10-11,13,24,26,31,33H,8-9,12,14,30H2,1-2H3,(H,32,34)/t24-,26+/m0/s1. The first kappa shape index (κ1) is 24.4. The van der Waals surface area contributed by atoms with E-state index >= 15 is 0 Å². The number of nitrogens with two attached hydrogens (primary N) is 1. The van der Waals surface area contributed by atoms with Gasteiger partial charge >= 0.3 is 0 Å². The second-order valence-corrected chi connectivity index (χ2v) is 9.76. The van der Waals surface area contributed by atoms with Crippen LogP contribution in [0.25, 0.3) is 0 Å². The van der Waals surface area contributed by atoms with Gasteiger partial charge in [-0.05, 0) is 90.4 Å². The van der Waals surface area contributed by atoms with Crippen molar-refractivity contribution in [1.29, 1.82) is 0 Å². The number of carbonyl (C=O) groups excluding carboxylic acids is 1. The van der Waals surface area contributed by atoms with Gasteiger partial charge in [0.05, 0.1) is 12.1 Å². The average molecular weight is 498 g/mol. The van der Waals surface area contributed by atoms with Gasteiger partial charge in [0.25, 0.3) is 0 Å². The molecular weight excluding hydrogens is 469 g/mol. The summed E-state index contributed by atoms with van der Waals surface area (Å²) in [7, 11) is 0. The fourth-order valence-electron chi connectivity index (χ4n) is 4.62. The lowest BCUT2D eigenvalue weighted by atomic mass is 9.92. The van der Waals surface area contributed by atoms with Gasteiger partial charge in [0.1, 0.15) is 5.75 Å². The molecule has 1 heterocycles. The molecule has 0 aromatic heterocycles. The molecule has 2 atom stereocenters. The SMILES string of the molecule is Cc1cc(O)cc(C)c1C[C@H](N)C(=O)N[C@@H]1CCNc2ccc(Cc3c(Cl)cccc3Cl)cc21. The third-order valence-electron chi connectivity index (χ3n) is 6.44. The maximum Gasteiger partial charge on any atom is 0.237 e. The third-order valence-corrected chi connectivity index (χ3v) is 7.15. The van der Waals surface area contributed by atoms with Crippen LogP contribution >= 0.6 is 23.2 Å². The minimum Gasteiger partial charge on any atom is -0.508 e. The molecule has 0 bridgehead atoms. The monoisotopic (exact) mass is 497 g/mol. The highest BCUT2D eigenvalue weighted by Gasteiger charge is 2.25. The molecule has 0 saturated carbocycles. The number of hydrogen-bond acceptors (Lipinski definition) is 4. The predicted molar refractivity (Wildman–Crippen MR) is 139 cm³/mol. The number of amides is 1. The maximum atomic E-state index is 13.0. The molecule has 4 rings (SSSR count). The summed E-state index contributed by atoms with van der Waals surface area (Å²) in [6.07, 6.45) is 1.77. The Morgan fingerprint density at radius 2 is 1.79 bits per heavy atom. The summed E-state index contributed by atoms with van der Waals surface area (Å²) in [6, 6.07) is 14.3. The summed E-state index contributed by atoms with van der Waals surface area (Å²) in [5.41, 5.74) is 13.1. The fraction of sp³-hybridized carbons (Fsp3) is 0.296. The second kappa shape index (κ2) is 10.3. The first-order valence-electron chi connectivity index (χ1n) is 11.4. The van der Waals surface area contributed by atoms with E-state index in [9.17, 15) is 9.90 Å². The first-order chi connectivity index (χ1) is 16.2. The summed E-state index contributed by atoms with van der Waals surface area (Å²) in [5.74, 6) is 0.0289. The van der Waals surface area contributed by atoms with Gasteiger partial charge in [-0.2, -0.15) is 0 Å². The quantitative estimate of drug-likeness (QED) is 0.364. The molecule has 7 heteroatoms. The largest absolute Gasteiger partial charge is 0.508 e. The van der Waals surface area contributed by atoms with E-state index in [0.717, 1.165) is 52.0 Å². The molecule has 1 aliphatic heterocycles. The molecule has 0 saturated heterocycles. The van der Waals surface area contributed by atoms with Crippen molar-refractivity contribution in [2.75, 3.05) is 11.9 Å². The van der Waals surface area contributed by atoms with Crippen LogP contribution in [0, 0.1) is 13.8 Å². The van der Waals surface area contributed by atoms with E-state index in [1.807, 2.05) is 38.1 Å². The molecular formula is C27H29Cl2N3O2. The molecule has 178 valence electrons. The van der Waals surface area contributed by atoms with Crippen molar-refractivity contribution in [3.05, 3.63) is 92.0 Å². The van der Waals surface area contributed by atoms with Gasteiger partial charge in [0.2, 0.25) is 5.91 Å². The van der Waals surface area contributed by atoms with Crippen molar-refractivity contribution in [2.45, 2.75) is 45.2 Å². The molecule has 0 aliphatic carbocycles. The van der Waals surface area contributed by atoms with Crippen LogP contribution in [0.3, 0.4) is 0 Å². The Hall–Kier alpha value is -2.73. The van der Waals surface area contributed by atoms with Crippen molar-refractivity contribution in [1.82, 2.24) is 5.32 Å². The number of phenolic OH excluding ortho intramolecular Hbond substituents is 1. The van der Waals surface area contributed by atoms with E-state index in [4.69, 9.17) is 28.9 Å². The van der Waals surface area contributed by atoms with Crippen molar-refractivity contribution >= 4 is 34.8 Å². The summed E-state index contributed by atoms with van der Waals surface area (Å²) < 4.78 is 0. The molecule has 5 nitrogen and oxygen atoms in total. The van der Waals surface area contributed by atoms with Crippen LogP contribution in [0.1, 0.15) is 45.8 Å². The molecule has 0 radical (unpaired) electrons. The second-order valence-electron chi connectivity index (χ2n) is 8.94. The van der Waals surface area contributed by atoms with Gasteiger partial charge < -0.3 is 21.5 Å². The van der Waals surface area contributed by atoms with Crippen LogP contribution in [0.5, 0.6) is 5.75 Å². The Balaban J connectivity index is 1.51. The highest BCUT2D eigenvalue weighted by Crippen LogP contribution is 2.33. The van der Waals surface area contributed by atoms with Gasteiger partial charge in [-0.15, -0.1) is 0 Å². The molecule has 1 amide bonds. The number of rotatable bonds is 6. The van der Waals surface area contributed by atoms with Crippen LogP contribution in [0.2, 0.25) is 10.0 Å². The lowest BCUT2D eigenvalue weighted by molar-refractivity contribution is -0.123. The molecule has 1 aliphatic rings. The fourth-order valence-corrected chi connectivity index (χ4v) is 5.15. The zero-order valence-electron chi connectivity index (χ0n) is 19.3. The van der Waals surface area contributed by atoms with E-state index in [-0.39, 0.29) is 17.7 Å². The van der Waals surface area contributed by atoms with Crippen molar-refractivity contribution in [3.63, 3.8) is 0 Å². The van der Waals surface area contributed by atoms with E-state index < -0.39 is 6.04 Å². The van der Waals surface area contributed by atoms with Crippen LogP contribution in [-0.4, -0.2) is 23.6 Å². The van der Waals surface area contributed by atoms with Gasteiger partial charge in [-0.1, -0.05) is 41.4 Å². The molecule has 3 aromatic rings. The molecule has 3 aromatic carbocycles. The number of benzene rings is 3. The van der Waals surface area contributed by atoms with Crippen molar-refractivity contribution in [3.8, 4) is 5.75 Å². The Morgan fingerprint density at radius 3 is 2.47 bits per heavy atom. The van der Waals surface area contributed by atoms with Gasteiger partial charge in [-0.3, -0.25) is 4.79 Å². The average Bonchev–Trinajstić information content (AvgIpc) is 2.79. The van der Waals surface area contributed by atoms with Gasteiger partial charge in [-0.25, -0.2) is 0 Å². The Kier molecular flexibility index (Phi) is 7.36. The van der Waals surface area contributed by atoms with Crippen molar-refractivity contribution in [2.24, 2.45) is 5.73 Å². The number of anilines is 1. The third kappa shape index (κ3) is 5.33. The number of aromatic hydroxyl groups is 1. The number of fused-ring (bicyclic) bond motifs is 1. The highest BCUT2D eigenvalue weighted by atomic mass is 35.5. The van der Waals surface area contributed by atoms with Gasteiger partial charge in [0, 0.05) is 28.7 Å². The van der Waals surface area contributed by atoms with Crippen LogP contribution < -0.4 is 16.4 Å². The lowest BCUT2D eigenvalue weighted by Gasteiger charge is -2.29. The number of aryl methyl sites for hydroxylation is 2. The Morgan fingerprint density at radius 1 is 1.12 bits per heavy atom. The number of phenols is 1. The zero-order chi connectivity index (χ0) is 24.4. The summed E-state index contributed by atoms with van der Waals surface area (Å²) in [6.45, 7) is 4.60. The molecule has 0 spiro atoms. The summed E-state index contributed by atoms with van der Waals surface area (Å²) in [5, 5.41) is 17.6. The molecule has 34 heavy (non-hydrogen) atoms. The van der Waals surface area contributed by atoms with Crippen LogP contribution in [-0.2, 0) is 17.6 Å². The van der Waals surface area contributed by atoms with Crippen LogP contribution in [0.15, 0.2) is 48.5 Å². The van der Waals surface area contributed by atoms with E-state index in [1.54, 1.807) is 12.1 Å². The van der Waals surface area contributed by atoms with E-state index in [1.165, 1.54) is 0 Å². The zero-order valence-corrected chi connectivity index (χ0v) is 20.8. The summed E-state index contributed by atoms with van der Waals surface area (Å²) in [4.78, 5) is 13.0. The lowest BCUT2D eigenvalue weighted by Crippen LogP contribution is -2.44. The molecule has 5 N–H and O–H groups in total. The van der Waals surface area contributed by atoms with Crippen LogP contribution in [0.4, 0.5) is 5.69 Å². The Bertz CT molecular complexity index is 1190. The normalized spacial score (nSPS) is 15.9. The van der Waals surface area contributed by atoms with E-state index in [0.29, 0.717) is 22.9 Å². The maximum absolute atomic E-state index is 13.0. The molecule has 0 fully saturated rings. The topological polar surface area (TPSA) is 87.4 Å². The highest BCUT2D eigenvalue weighted by molar-refractivity contribution is 6.36. The number of carbonyl (C=O) groups is 1. The predicted octanol–water partition coefficient (Wildman–Crippen LogP) is 5.45. The molecule has 0 unspecified atom stereocenters. The first-order valence-corrected chi connectivity index (χ1v) is 12.1. The number of halogens is 2. The number of hydrogen-bond donors (Lipinski definition) is 4. The van der Waals surface area contributed by atoms with Gasteiger partial charge in [0.15, 0.2) is 0 Å². The van der Waals surface area contributed by atoms with Crippen molar-refractivity contribution < 1.29 is 9.90 Å². The minimum atomic E-state index is -0.689. The number of nitrogens with one attached hydrogen (secondary N) is 2. The van der Waals surface area contributed by atoms with E-state index in [2.05, 4.69) is 22.8 Å². The summed E-state index contributed by atoms with van der Waals surface area (Å²) >= 11 is 12.7. The smallest absolute Gasteiger partial charge is 0.237 e. The minimum absolute atomic E-state index is 0.140.